The van der Waals surface area contributed by atoms with Crippen LogP contribution in [0.1, 0.15) is 53.7 Å². The minimum absolute atomic E-state index is 0.310. The first-order valence-corrected chi connectivity index (χ1v) is 10.4. The molecule has 150 valence electrons. The first-order valence-electron chi connectivity index (χ1n) is 9.99. The van der Waals surface area contributed by atoms with Gasteiger partial charge in [-0.05, 0) is 67.6 Å². The molecule has 0 aliphatic carbocycles. The first kappa shape index (κ1) is 19.7. The van der Waals surface area contributed by atoms with Crippen molar-refractivity contribution in [3.05, 3.63) is 63.7 Å². The lowest BCUT2D eigenvalue weighted by molar-refractivity contribution is -0.0588. The third-order valence-corrected chi connectivity index (χ3v) is 6.58. The second-order valence-corrected chi connectivity index (χ2v) is 8.78. The molecule has 0 bridgehead atoms. The molecule has 4 rings (SSSR count). The highest BCUT2D eigenvalue weighted by Gasteiger charge is 2.43. The second kappa shape index (κ2) is 7.68. The van der Waals surface area contributed by atoms with Gasteiger partial charge in [-0.1, -0.05) is 23.7 Å². The summed E-state index contributed by atoms with van der Waals surface area (Å²) in [7, 11) is 0. The lowest BCUT2D eigenvalue weighted by atomic mass is 9.81. The van der Waals surface area contributed by atoms with Crippen molar-refractivity contribution in [2.75, 3.05) is 19.6 Å². The third-order valence-electron chi connectivity index (χ3n) is 6.33. The fourth-order valence-corrected chi connectivity index (χ4v) is 4.51. The van der Waals surface area contributed by atoms with Crippen LogP contribution in [-0.2, 0) is 0 Å². The van der Waals surface area contributed by atoms with E-state index in [9.17, 15) is 10.2 Å². The molecule has 1 spiro atoms. The number of hydrogen-bond donors (Lipinski definition) is 2. The van der Waals surface area contributed by atoms with E-state index in [1.165, 1.54) is 11.1 Å². The largest absolute Gasteiger partial charge is 0.487 e. The molecule has 5 heteroatoms. The van der Waals surface area contributed by atoms with Crippen LogP contribution in [0, 0.1) is 13.8 Å². The van der Waals surface area contributed by atoms with Crippen LogP contribution < -0.4 is 4.74 Å². The molecule has 0 saturated carbocycles. The van der Waals surface area contributed by atoms with E-state index in [2.05, 4.69) is 30.9 Å². The number of ether oxygens (including phenoxy) is 1. The minimum Gasteiger partial charge on any atom is -0.487 e. The number of aryl methyl sites for hydroxylation is 2. The number of nitrogens with zero attached hydrogens (tertiary/aromatic N) is 1. The molecule has 0 radical (unpaired) electrons. The minimum atomic E-state index is -0.532. The highest BCUT2D eigenvalue weighted by molar-refractivity contribution is 6.30. The highest BCUT2D eigenvalue weighted by Crippen LogP contribution is 2.45. The van der Waals surface area contributed by atoms with Crippen molar-refractivity contribution in [1.82, 2.24) is 4.90 Å². The van der Waals surface area contributed by atoms with Gasteiger partial charge in [0.15, 0.2) is 0 Å². The number of β-amino-alcohol motifs (C(OH)–C–C–N with tert-alkyl or cyclic N) is 1. The Kier molecular flexibility index (Phi) is 5.41. The van der Waals surface area contributed by atoms with E-state index in [1.54, 1.807) is 0 Å². The Morgan fingerprint density at radius 2 is 1.79 bits per heavy atom. The first-order chi connectivity index (χ1) is 13.3. The summed E-state index contributed by atoms with van der Waals surface area (Å²) < 4.78 is 6.45. The molecule has 1 saturated heterocycles. The summed E-state index contributed by atoms with van der Waals surface area (Å²) >= 11 is 5.93. The summed E-state index contributed by atoms with van der Waals surface area (Å²) in [6.45, 7) is 6.43. The fourth-order valence-electron chi connectivity index (χ4n) is 4.38. The van der Waals surface area contributed by atoms with Crippen molar-refractivity contribution in [2.24, 2.45) is 0 Å². The lowest BCUT2D eigenvalue weighted by Gasteiger charge is -2.46. The standard InChI is InChI=1S/C23H28ClNO3/c1-15-11-19-20(26)13-23(28-22(19)12-16(15)2)7-9-25(10-8-23)14-21(27)17-3-5-18(24)6-4-17/h3-6,11-12,20-21,26-27H,7-10,13-14H2,1-2H3/t20-,21-/m1/s1. The molecule has 0 aromatic heterocycles. The van der Waals surface area contributed by atoms with E-state index >= 15 is 0 Å². The second-order valence-electron chi connectivity index (χ2n) is 8.35. The van der Waals surface area contributed by atoms with Crippen molar-refractivity contribution in [1.29, 1.82) is 0 Å². The molecular weight excluding hydrogens is 374 g/mol. The van der Waals surface area contributed by atoms with E-state index in [4.69, 9.17) is 16.3 Å². The van der Waals surface area contributed by atoms with Crippen LogP contribution in [0.3, 0.4) is 0 Å². The zero-order valence-electron chi connectivity index (χ0n) is 16.5. The van der Waals surface area contributed by atoms with Gasteiger partial charge in [0.05, 0.1) is 12.2 Å². The van der Waals surface area contributed by atoms with Crippen molar-refractivity contribution >= 4 is 11.6 Å². The molecule has 4 nitrogen and oxygen atoms in total. The Morgan fingerprint density at radius 1 is 1.14 bits per heavy atom. The van der Waals surface area contributed by atoms with Gasteiger partial charge < -0.3 is 19.8 Å². The quantitative estimate of drug-likeness (QED) is 0.803. The molecule has 2 aliphatic heterocycles. The number of fused-ring (bicyclic) bond motifs is 1. The van der Waals surface area contributed by atoms with Gasteiger partial charge in [-0.2, -0.15) is 0 Å². The van der Waals surface area contributed by atoms with E-state index in [0.717, 1.165) is 42.8 Å². The molecule has 1 fully saturated rings. The number of likely N-dealkylation sites (tertiary alicyclic amines) is 1. The van der Waals surface area contributed by atoms with E-state index in [0.29, 0.717) is 18.0 Å². The zero-order chi connectivity index (χ0) is 19.9. The molecule has 2 aromatic carbocycles. The molecule has 2 aliphatic rings. The van der Waals surface area contributed by atoms with Crippen molar-refractivity contribution < 1.29 is 14.9 Å². The molecule has 2 heterocycles. The van der Waals surface area contributed by atoms with Gasteiger partial charge >= 0.3 is 0 Å². The van der Waals surface area contributed by atoms with Crippen molar-refractivity contribution in [2.45, 2.75) is 50.9 Å². The number of aliphatic hydroxyl groups is 2. The van der Waals surface area contributed by atoms with Crippen molar-refractivity contribution in [3.63, 3.8) is 0 Å². The van der Waals surface area contributed by atoms with Gasteiger partial charge in [-0.3, -0.25) is 0 Å². The van der Waals surface area contributed by atoms with Gasteiger partial charge in [0.2, 0.25) is 0 Å². The average Bonchev–Trinajstić information content (AvgIpc) is 2.66. The number of rotatable bonds is 3. The Morgan fingerprint density at radius 3 is 2.46 bits per heavy atom. The van der Waals surface area contributed by atoms with Crippen molar-refractivity contribution in [3.8, 4) is 5.75 Å². The van der Waals surface area contributed by atoms with Crippen LogP contribution in [0.15, 0.2) is 36.4 Å². The molecule has 2 aromatic rings. The Labute approximate surface area is 171 Å². The SMILES string of the molecule is Cc1cc2c(cc1C)[C@H](O)CC1(CCN(C[C@@H](O)c3ccc(Cl)cc3)CC1)O2. The summed E-state index contributed by atoms with van der Waals surface area (Å²) in [4.78, 5) is 2.27. The smallest absolute Gasteiger partial charge is 0.126 e. The van der Waals surface area contributed by atoms with E-state index in [1.807, 2.05) is 24.3 Å². The normalized spacial score (nSPS) is 22.5. The maximum Gasteiger partial charge on any atom is 0.126 e. The van der Waals surface area contributed by atoms with Crippen LogP contribution >= 0.6 is 11.6 Å². The molecule has 28 heavy (non-hydrogen) atoms. The average molecular weight is 402 g/mol. The molecule has 0 amide bonds. The molecule has 2 N–H and O–H groups in total. The Bertz CT molecular complexity index is 844. The van der Waals surface area contributed by atoms with Gasteiger partial charge in [-0.25, -0.2) is 0 Å². The summed E-state index contributed by atoms with van der Waals surface area (Å²) in [5.74, 6) is 0.830. The molecular formula is C23H28ClNO3. The monoisotopic (exact) mass is 401 g/mol. The van der Waals surface area contributed by atoms with Gasteiger partial charge in [0.1, 0.15) is 11.4 Å². The van der Waals surface area contributed by atoms with Crippen LogP contribution in [0.4, 0.5) is 0 Å². The summed E-state index contributed by atoms with van der Waals surface area (Å²) in [5.41, 5.74) is 3.86. The lowest BCUT2D eigenvalue weighted by Crippen LogP contribution is -2.51. The zero-order valence-corrected chi connectivity index (χ0v) is 17.2. The molecule has 2 atom stereocenters. The van der Waals surface area contributed by atoms with Gasteiger partial charge in [0.25, 0.3) is 0 Å². The number of hydrogen-bond acceptors (Lipinski definition) is 4. The number of piperidine rings is 1. The van der Waals surface area contributed by atoms with Gasteiger partial charge in [-0.15, -0.1) is 0 Å². The number of benzene rings is 2. The number of aliphatic hydroxyl groups excluding tert-OH is 2. The van der Waals surface area contributed by atoms with E-state index in [-0.39, 0.29) is 5.60 Å². The Hall–Kier alpha value is -1.59. The van der Waals surface area contributed by atoms with Crippen LogP contribution in [0.25, 0.3) is 0 Å². The van der Waals surface area contributed by atoms with Crippen LogP contribution in [0.5, 0.6) is 5.75 Å². The third kappa shape index (κ3) is 3.92. The predicted molar refractivity (Wildman–Crippen MR) is 111 cm³/mol. The van der Waals surface area contributed by atoms with Crippen LogP contribution in [0.2, 0.25) is 5.02 Å². The molecule has 0 unspecified atom stereocenters. The van der Waals surface area contributed by atoms with Gasteiger partial charge in [0, 0.05) is 36.6 Å². The summed E-state index contributed by atoms with van der Waals surface area (Å²) in [5, 5.41) is 21.9. The fraction of sp³-hybridized carbons (Fsp3) is 0.478. The highest BCUT2D eigenvalue weighted by atomic mass is 35.5. The predicted octanol–water partition coefficient (Wildman–Crippen LogP) is 4.34. The topological polar surface area (TPSA) is 52.9 Å². The maximum atomic E-state index is 10.7. The summed E-state index contributed by atoms with van der Waals surface area (Å²) in [6.07, 6.45) is 1.33. The van der Waals surface area contributed by atoms with Crippen LogP contribution in [-0.4, -0.2) is 40.3 Å². The van der Waals surface area contributed by atoms with E-state index < -0.39 is 12.2 Å². The summed E-state index contributed by atoms with van der Waals surface area (Å²) in [6, 6.07) is 11.5. The number of halogens is 1. The Balaban J connectivity index is 1.41. The maximum absolute atomic E-state index is 10.7.